The summed E-state index contributed by atoms with van der Waals surface area (Å²) in [5.41, 5.74) is 3.05. The fourth-order valence-corrected chi connectivity index (χ4v) is 3.86. The third kappa shape index (κ3) is 4.07. The van der Waals surface area contributed by atoms with Crippen LogP contribution >= 0.6 is 0 Å². The number of hydrogen-bond acceptors (Lipinski definition) is 4. The Kier molecular flexibility index (Phi) is 5.51. The zero-order chi connectivity index (χ0) is 20.3. The first kappa shape index (κ1) is 19.6. The Morgan fingerprint density at radius 2 is 1.50 bits per heavy atom. The molecular weight excluding hydrogens is 374 g/mol. The maximum atomic E-state index is 12.7. The molecule has 0 saturated carbocycles. The highest BCUT2D eigenvalue weighted by molar-refractivity contribution is 7.92. The Labute approximate surface area is 165 Å². The van der Waals surface area contributed by atoms with Crippen molar-refractivity contribution in [1.29, 1.82) is 0 Å². The van der Waals surface area contributed by atoms with Gasteiger partial charge in [-0.3, -0.25) is 4.31 Å². The zero-order valence-electron chi connectivity index (χ0n) is 15.9. The number of rotatable bonds is 5. The maximum absolute atomic E-state index is 12.7. The highest BCUT2D eigenvalue weighted by atomic mass is 32.2. The summed E-state index contributed by atoms with van der Waals surface area (Å²) in [7, 11) is -2.17. The van der Waals surface area contributed by atoms with Crippen LogP contribution in [0.4, 0.5) is 5.69 Å². The van der Waals surface area contributed by atoms with Crippen molar-refractivity contribution < 1.29 is 17.9 Å². The van der Waals surface area contributed by atoms with Gasteiger partial charge in [-0.1, -0.05) is 24.3 Å². The number of aryl methyl sites for hydroxylation is 2. The smallest absolute Gasteiger partial charge is 0.343 e. The quantitative estimate of drug-likeness (QED) is 0.476. The van der Waals surface area contributed by atoms with Gasteiger partial charge in [-0.2, -0.15) is 0 Å². The Balaban J connectivity index is 1.76. The lowest BCUT2D eigenvalue weighted by molar-refractivity contribution is 0.0734. The minimum absolute atomic E-state index is 0.211. The molecule has 0 N–H and O–H groups in total. The van der Waals surface area contributed by atoms with Gasteiger partial charge in [0.1, 0.15) is 5.75 Å². The largest absolute Gasteiger partial charge is 0.423 e. The summed E-state index contributed by atoms with van der Waals surface area (Å²) in [6.07, 6.45) is 0. The zero-order valence-corrected chi connectivity index (χ0v) is 16.7. The topological polar surface area (TPSA) is 63.7 Å². The van der Waals surface area contributed by atoms with Gasteiger partial charge in [0.05, 0.1) is 16.1 Å². The van der Waals surface area contributed by atoms with E-state index in [1.807, 2.05) is 19.9 Å². The molecule has 6 heteroatoms. The number of benzene rings is 3. The number of nitrogens with zero attached hydrogens (tertiary/aromatic N) is 1. The van der Waals surface area contributed by atoms with Crippen molar-refractivity contribution in [3.8, 4) is 5.75 Å². The third-order valence-electron chi connectivity index (χ3n) is 4.56. The van der Waals surface area contributed by atoms with Gasteiger partial charge >= 0.3 is 5.97 Å². The Morgan fingerprint density at radius 1 is 0.857 bits per heavy atom. The van der Waals surface area contributed by atoms with E-state index in [9.17, 15) is 13.2 Å². The minimum Gasteiger partial charge on any atom is -0.423 e. The summed E-state index contributed by atoms with van der Waals surface area (Å²) in [6, 6.07) is 19.9. The first-order valence-corrected chi connectivity index (χ1v) is 10.2. The van der Waals surface area contributed by atoms with E-state index in [1.165, 1.54) is 11.4 Å². The van der Waals surface area contributed by atoms with Gasteiger partial charge < -0.3 is 4.74 Å². The van der Waals surface area contributed by atoms with Gasteiger partial charge in [0.15, 0.2) is 0 Å². The van der Waals surface area contributed by atoms with E-state index >= 15 is 0 Å². The Morgan fingerprint density at radius 3 is 2.11 bits per heavy atom. The first-order valence-electron chi connectivity index (χ1n) is 8.72. The second kappa shape index (κ2) is 7.86. The van der Waals surface area contributed by atoms with Gasteiger partial charge in [0.2, 0.25) is 0 Å². The van der Waals surface area contributed by atoms with E-state index in [1.54, 1.807) is 66.7 Å². The molecule has 0 aliphatic rings. The summed E-state index contributed by atoms with van der Waals surface area (Å²) in [5, 5.41) is 0. The van der Waals surface area contributed by atoms with E-state index < -0.39 is 16.0 Å². The molecule has 3 aromatic rings. The summed E-state index contributed by atoms with van der Waals surface area (Å²) >= 11 is 0. The van der Waals surface area contributed by atoms with Crippen LogP contribution < -0.4 is 9.04 Å². The number of carbonyl (C=O) groups excluding carboxylic acids is 1. The summed E-state index contributed by atoms with van der Waals surface area (Å²) in [4.78, 5) is 12.5. The van der Waals surface area contributed by atoms with Crippen molar-refractivity contribution in [2.75, 3.05) is 11.4 Å². The van der Waals surface area contributed by atoms with Crippen molar-refractivity contribution in [2.24, 2.45) is 0 Å². The number of carbonyl (C=O) groups is 1. The summed E-state index contributed by atoms with van der Waals surface area (Å²) in [5.74, 6) is -0.112. The molecule has 0 bridgehead atoms. The molecular formula is C22H21NO4S. The Bertz CT molecular complexity index is 1090. The highest BCUT2D eigenvalue weighted by Gasteiger charge is 2.21. The van der Waals surface area contributed by atoms with Crippen molar-refractivity contribution in [3.05, 3.63) is 89.5 Å². The van der Waals surface area contributed by atoms with Crippen molar-refractivity contribution in [3.63, 3.8) is 0 Å². The number of esters is 1. The van der Waals surface area contributed by atoms with Crippen LogP contribution in [0.1, 0.15) is 21.5 Å². The molecule has 0 aromatic heterocycles. The molecule has 3 aromatic carbocycles. The first-order chi connectivity index (χ1) is 13.3. The predicted octanol–water partition coefficient (Wildman–Crippen LogP) is 4.35. The molecule has 0 aliphatic heterocycles. The molecule has 0 saturated heterocycles. The summed E-state index contributed by atoms with van der Waals surface area (Å²) in [6.45, 7) is 3.91. The maximum Gasteiger partial charge on any atom is 0.343 e. The lowest BCUT2D eigenvalue weighted by Gasteiger charge is -2.19. The lowest BCUT2D eigenvalue weighted by Crippen LogP contribution is -2.26. The van der Waals surface area contributed by atoms with E-state index in [0.29, 0.717) is 17.0 Å². The molecule has 0 aliphatic carbocycles. The normalized spacial score (nSPS) is 11.1. The van der Waals surface area contributed by atoms with Crippen LogP contribution in [0, 0.1) is 13.8 Å². The van der Waals surface area contributed by atoms with Crippen molar-refractivity contribution in [2.45, 2.75) is 18.7 Å². The van der Waals surface area contributed by atoms with Gasteiger partial charge in [-0.15, -0.1) is 0 Å². The second-order valence-corrected chi connectivity index (χ2v) is 8.44. The monoisotopic (exact) mass is 395 g/mol. The van der Waals surface area contributed by atoms with Crippen molar-refractivity contribution >= 4 is 21.7 Å². The highest BCUT2D eigenvalue weighted by Crippen LogP contribution is 2.24. The van der Waals surface area contributed by atoms with E-state index in [4.69, 9.17) is 4.74 Å². The fraction of sp³-hybridized carbons (Fsp3) is 0.136. The van der Waals surface area contributed by atoms with Crippen LogP contribution in [0.25, 0.3) is 0 Å². The SMILES string of the molecule is Cc1ccc(C(=O)Oc2ccc(N(C)S(=O)(=O)c3ccccc3)cc2)cc1C. The molecule has 5 nitrogen and oxygen atoms in total. The van der Waals surface area contributed by atoms with Gasteiger partial charge in [0, 0.05) is 7.05 Å². The van der Waals surface area contributed by atoms with E-state index in [-0.39, 0.29) is 4.90 Å². The molecule has 0 spiro atoms. The van der Waals surface area contributed by atoms with E-state index in [2.05, 4.69) is 0 Å². The second-order valence-electron chi connectivity index (χ2n) is 6.47. The van der Waals surface area contributed by atoms with Gasteiger partial charge in [-0.25, -0.2) is 13.2 Å². The molecule has 28 heavy (non-hydrogen) atoms. The van der Waals surface area contributed by atoms with Crippen LogP contribution in [-0.4, -0.2) is 21.4 Å². The molecule has 0 heterocycles. The third-order valence-corrected chi connectivity index (χ3v) is 6.35. The van der Waals surface area contributed by atoms with Crippen LogP contribution in [-0.2, 0) is 10.0 Å². The van der Waals surface area contributed by atoms with Crippen LogP contribution in [0.3, 0.4) is 0 Å². The average molecular weight is 395 g/mol. The molecule has 0 atom stereocenters. The molecule has 0 fully saturated rings. The lowest BCUT2D eigenvalue weighted by atomic mass is 10.1. The molecule has 3 rings (SSSR count). The average Bonchev–Trinajstić information content (AvgIpc) is 2.70. The molecule has 0 unspecified atom stereocenters. The summed E-state index contributed by atoms with van der Waals surface area (Å²) < 4.78 is 31.9. The van der Waals surface area contributed by atoms with E-state index in [0.717, 1.165) is 11.1 Å². The number of hydrogen-bond donors (Lipinski definition) is 0. The van der Waals surface area contributed by atoms with Crippen LogP contribution in [0.15, 0.2) is 77.7 Å². The number of sulfonamides is 1. The predicted molar refractivity (Wildman–Crippen MR) is 109 cm³/mol. The fourth-order valence-electron chi connectivity index (χ4n) is 2.65. The van der Waals surface area contributed by atoms with Crippen molar-refractivity contribution in [1.82, 2.24) is 0 Å². The number of anilines is 1. The standard InChI is InChI=1S/C22H21NO4S/c1-16-9-10-18(15-17(16)2)22(24)27-20-13-11-19(12-14-20)23(3)28(25,26)21-7-5-4-6-8-21/h4-15H,1-3H3. The Hall–Kier alpha value is -3.12. The van der Waals surface area contributed by atoms with Crippen LogP contribution in [0.5, 0.6) is 5.75 Å². The molecule has 144 valence electrons. The van der Waals surface area contributed by atoms with Gasteiger partial charge in [0.25, 0.3) is 10.0 Å². The molecule has 0 radical (unpaired) electrons. The van der Waals surface area contributed by atoms with Crippen LogP contribution in [0.2, 0.25) is 0 Å². The number of ether oxygens (including phenoxy) is 1. The molecule has 0 amide bonds. The van der Waals surface area contributed by atoms with Gasteiger partial charge in [-0.05, 0) is 73.5 Å². The minimum atomic E-state index is -3.65.